The van der Waals surface area contributed by atoms with Crippen LogP contribution >= 0.6 is 0 Å². The molecule has 0 saturated carbocycles. The lowest BCUT2D eigenvalue weighted by atomic mass is 9.95. The molecule has 1 N–H and O–H groups in total. The number of hydrogen-bond donors (Lipinski definition) is 1. The fourth-order valence-corrected chi connectivity index (χ4v) is 1.99. The maximum Gasteiger partial charge on any atom is 0.200 e. The van der Waals surface area contributed by atoms with Gasteiger partial charge in [0.25, 0.3) is 0 Å². The Hall–Kier alpha value is -1.79. The number of benzene rings is 1. The molecule has 0 radical (unpaired) electrons. The van der Waals surface area contributed by atoms with Crippen LogP contribution in [0.3, 0.4) is 0 Å². The molecular weight excluding hydrogens is 266 g/mol. The quantitative estimate of drug-likeness (QED) is 0.798. The highest BCUT2D eigenvalue weighted by molar-refractivity contribution is 5.14. The second-order valence-electron chi connectivity index (χ2n) is 5.94. The van der Waals surface area contributed by atoms with E-state index in [-0.39, 0.29) is 5.41 Å². The Balaban J connectivity index is 1.66. The molecule has 0 unspecified atom stereocenters. The van der Waals surface area contributed by atoms with Crippen LogP contribution in [0.1, 0.15) is 25.2 Å². The van der Waals surface area contributed by atoms with Gasteiger partial charge < -0.3 is 10.1 Å². The summed E-state index contributed by atoms with van der Waals surface area (Å²) in [7, 11) is 1.74. The number of aromatic nitrogens is 4. The molecule has 114 valence electrons. The molecule has 0 aliphatic carbocycles. The molecule has 1 heterocycles. The van der Waals surface area contributed by atoms with Gasteiger partial charge in [-0.3, -0.25) is 0 Å². The van der Waals surface area contributed by atoms with Gasteiger partial charge in [-0.2, -0.15) is 4.80 Å². The average molecular weight is 289 g/mol. The first kappa shape index (κ1) is 15.6. The van der Waals surface area contributed by atoms with Crippen LogP contribution in [0.5, 0.6) is 0 Å². The van der Waals surface area contributed by atoms with Gasteiger partial charge in [-0.15, -0.1) is 10.2 Å². The standard InChI is InChI=1S/C15H23N5O/c1-15(2,11-16-9-13-7-5-4-6-8-13)12-21-10-14-17-19-20(3)18-14/h4-8,16H,9-12H2,1-3H3. The summed E-state index contributed by atoms with van der Waals surface area (Å²) >= 11 is 0. The fourth-order valence-electron chi connectivity index (χ4n) is 1.99. The number of ether oxygens (including phenoxy) is 1. The lowest BCUT2D eigenvalue weighted by Crippen LogP contribution is -2.33. The van der Waals surface area contributed by atoms with E-state index < -0.39 is 0 Å². The lowest BCUT2D eigenvalue weighted by Gasteiger charge is -2.24. The SMILES string of the molecule is Cn1nnc(COCC(C)(C)CNCc2ccccc2)n1. The van der Waals surface area contributed by atoms with Crippen molar-refractivity contribution in [3.8, 4) is 0 Å². The Labute approximate surface area is 125 Å². The molecule has 0 saturated heterocycles. The van der Waals surface area contributed by atoms with Crippen molar-refractivity contribution in [2.24, 2.45) is 12.5 Å². The van der Waals surface area contributed by atoms with Crippen LogP contribution in [-0.4, -0.2) is 33.4 Å². The summed E-state index contributed by atoms with van der Waals surface area (Å²) in [5.41, 5.74) is 1.34. The number of nitrogens with one attached hydrogen (secondary N) is 1. The van der Waals surface area contributed by atoms with Crippen LogP contribution in [-0.2, 0) is 24.9 Å². The molecule has 0 aliphatic rings. The second-order valence-corrected chi connectivity index (χ2v) is 5.94. The van der Waals surface area contributed by atoms with Gasteiger partial charge in [0.2, 0.25) is 0 Å². The molecule has 6 heteroatoms. The smallest absolute Gasteiger partial charge is 0.200 e. The van der Waals surface area contributed by atoms with Crippen molar-refractivity contribution in [3.05, 3.63) is 41.7 Å². The van der Waals surface area contributed by atoms with E-state index in [4.69, 9.17) is 4.74 Å². The molecule has 0 spiro atoms. The first-order valence-electron chi connectivity index (χ1n) is 7.10. The third-order valence-corrected chi connectivity index (χ3v) is 3.05. The fraction of sp³-hybridized carbons (Fsp3) is 0.533. The van der Waals surface area contributed by atoms with Gasteiger partial charge in [0, 0.05) is 18.5 Å². The van der Waals surface area contributed by atoms with Gasteiger partial charge in [-0.1, -0.05) is 44.2 Å². The highest BCUT2D eigenvalue weighted by Gasteiger charge is 2.18. The number of aryl methyl sites for hydroxylation is 1. The summed E-state index contributed by atoms with van der Waals surface area (Å²) in [6, 6.07) is 10.4. The van der Waals surface area contributed by atoms with Crippen molar-refractivity contribution in [2.45, 2.75) is 27.0 Å². The van der Waals surface area contributed by atoms with Gasteiger partial charge in [-0.25, -0.2) is 0 Å². The lowest BCUT2D eigenvalue weighted by molar-refractivity contribution is 0.0475. The van der Waals surface area contributed by atoms with E-state index in [0.717, 1.165) is 13.1 Å². The van der Waals surface area contributed by atoms with E-state index in [0.29, 0.717) is 19.0 Å². The van der Waals surface area contributed by atoms with Crippen molar-refractivity contribution < 1.29 is 4.74 Å². The van der Waals surface area contributed by atoms with Crippen LogP contribution in [0.15, 0.2) is 30.3 Å². The van der Waals surface area contributed by atoms with Crippen LogP contribution in [0.25, 0.3) is 0 Å². The molecule has 0 fully saturated rings. The molecule has 0 bridgehead atoms. The van der Waals surface area contributed by atoms with Crippen LogP contribution in [0.4, 0.5) is 0 Å². The molecule has 0 amide bonds. The Bertz CT molecular complexity index is 538. The summed E-state index contributed by atoms with van der Waals surface area (Å²) in [5.74, 6) is 0.616. The summed E-state index contributed by atoms with van der Waals surface area (Å²) in [5, 5.41) is 15.2. The summed E-state index contributed by atoms with van der Waals surface area (Å²) in [6.07, 6.45) is 0. The van der Waals surface area contributed by atoms with E-state index in [9.17, 15) is 0 Å². The van der Waals surface area contributed by atoms with Crippen molar-refractivity contribution in [2.75, 3.05) is 13.2 Å². The minimum Gasteiger partial charge on any atom is -0.373 e. The summed E-state index contributed by atoms with van der Waals surface area (Å²) < 4.78 is 5.68. The Morgan fingerprint density at radius 2 is 2.00 bits per heavy atom. The van der Waals surface area contributed by atoms with Crippen molar-refractivity contribution >= 4 is 0 Å². The first-order valence-corrected chi connectivity index (χ1v) is 7.10. The van der Waals surface area contributed by atoms with Crippen molar-refractivity contribution in [3.63, 3.8) is 0 Å². The third kappa shape index (κ3) is 5.61. The molecule has 6 nitrogen and oxygen atoms in total. The van der Waals surface area contributed by atoms with Gasteiger partial charge >= 0.3 is 0 Å². The van der Waals surface area contributed by atoms with Crippen molar-refractivity contribution in [1.29, 1.82) is 0 Å². The zero-order valence-electron chi connectivity index (χ0n) is 12.9. The van der Waals surface area contributed by atoms with E-state index >= 15 is 0 Å². The predicted octanol–water partition coefficient (Wildman–Crippen LogP) is 1.54. The number of nitrogens with zero attached hydrogens (tertiary/aromatic N) is 4. The van der Waals surface area contributed by atoms with Crippen LogP contribution in [0.2, 0.25) is 0 Å². The monoisotopic (exact) mass is 289 g/mol. The van der Waals surface area contributed by atoms with Gasteiger partial charge in [-0.05, 0) is 10.8 Å². The number of tetrazole rings is 1. The van der Waals surface area contributed by atoms with E-state index in [1.165, 1.54) is 10.4 Å². The van der Waals surface area contributed by atoms with Gasteiger partial charge in [0.1, 0.15) is 6.61 Å². The highest BCUT2D eigenvalue weighted by Crippen LogP contribution is 2.15. The third-order valence-electron chi connectivity index (χ3n) is 3.05. The largest absolute Gasteiger partial charge is 0.373 e. The first-order chi connectivity index (χ1) is 10.1. The molecule has 21 heavy (non-hydrogen) atoms. The summed E-state index contributed by atoms with van der Waals surface area (Å²) in [6.45, 7) is 7.15. The van der Waals surface area contributed by atoms with Gasteiger partial charge in [0.15, 0.2) is 5.82 Å². The molecule has 2 aromatic rings. The number of rotatable bonds is 8. The molecule has 2 rings (SSSR count). The second kappa shape index (κ2) is 7.28. The highest BCUT2D eigenvalue weighted by atomic mass is 16.5. The minimum absolute atomic E-state index is 0.0526. The molecule has 1 aromatic heterocycles. The normalized spacial score (nSPS) is 11.8. The maximum absolute atomic E-state index is 5.68. The average Bonchev–Trinajstić information content (AvgIpc) is 2.85. The van der Waals surface area contributed by atoms with Crippen LogP contribution < -0.4 is 5.32 Å². The van der Waals surface area contributed by atoms with E-state index in [2.05, 4.69) is 58.8 Å². The van der Waals surface area contributed by atoms with E-state index in [1.54, 1.807) is 7.05 Å². The molecule has 0 aliphatic heterocycles. The zero-order valence-corrected chi connectivity index (χ0v) is 12.9. The Morgan fingerprint density at radius 1 is 1.24 bits per heavy atom. The molecule has 1 aromatic carbocycles. The predicted molar refractivity (Wildman–Crippen MR) is 80.4 cm³/mol. The minimum atomic E-state index is 0.0526. The Morgan fingerprint density at radius 3 is 2.67 bits per heavy atom. The van der Waals surface area contributed by atoms with Crippen molar-refractivity contribution in [1.82, 2.24) is 25.5 Å². The van der Waals surface area contributed by atoms with Crippen LogP contribution in [0, 0.1) is 5.41 Å². The Kier molecular flexibility index (Phi) is 5.41. The molecular formula is C15H23N5O. The summed E-state index contributed by atoms with van der Waals surface area (Å²) in [4.78, 5) is 1.44. The topological polar surface area (TPSA) is 64.9 Å². The number of hydrogen-bond acceptors (Lipinski definition) is 5. The maximum atomic E-state index is 5.68. The molecule has 0 atom stereocenters. The van der Waals surface area contributed by atoms with E-state index in [1.807, 2.05) is 6.07 Å². The van der Waals surface area contributed by atoms with Gasteiger partial charge in [0.05, 0.1) is 13.7 Å². The zero-order chi connectivity index (χ0) is 15.1.